The highest BCUT2D eigenvalue weighted by Gasteiger charge is 2.22. The van der Waals surface area contributed by atoms with E-state index in [1.165, 1.54) is 0 Å². The number of hydrogen-bond donors (Lipinski definition) is 0. The standard InChI is InChI=1S/C23H24ClN3O/c1-17-6-5-9-19-15-20(23(24)25-22(17)19)16-26-10-12-27(13-11-26)21(28)14-18-7-3-2-4-8-18/h2-9,15H,10-14,16H2,1H3. The molecule has 0 aliphatic carbocycles. The Balaban J connectivity index is 1.37. The predicted molar refractivity (Wildman–Crippen MR) is 113 cm³/mol. The third-order valence-electron chi connectivity index (χ3n) is 5.39. The Bertz CT molecular complexity index is 982. The summed E-state index contributed by atoms with van der Waals surface area (Å²) in [5.74, 6) is 0.201. The second kappa shape index (κ2) is 8.29. The molecule has 0 atom stereocenters. The Labute approximate surface area is 170 Å². The summed E-state index contributed by atoms with van der Waals surface area (Å²) in [6.45, 7) is 6.02. The molecule has 0 unspecified atom stereocenters. The average molecular weight is 394 g/mol. The SMILES string of the molecule is Cc1cccc2cc(CN3CCN(C(=O)Cc4ccccc4)CC3)c(Cl)nc12. The molecule has 0 N–H and O–H groups in total. The summed E-state index contributed by atoms with van der Waals surface area (Å²) in [7, 11) is 0. The van der Waals surface area contributed by atoms with Gasteiger partial charge in [-0.1, -0.05) is 60.1 Å². The van der Waals surface area contributed by atoms with Gasteiger partial charge in [0.2, 0.25) is 5.91 Å². The molecule has 28 heavy (non-hydrogen) atoms. The molecule has 4 rings (SSSR count). The van der Waals surface area contributed by atoms with Crippen molar-refractivity contribution in [2.24, 2.45) is 0 Å². The molecular weight excluding hydrogens is 370 g/mol. The molecule has 1 aliphatic heterocycles. The van der Waals surface area contributed by atoms with Crippen LogP contribution in [0.25, 0.3) is 10.9 Å². The lowest BCUT2D eigenvalue weighted by atomic mass is 10.1. The van der Waals surface area contributed by atoms with E-state index in [0.717, 1.165) is 60.3 Å². The van der Waals surface area contributed by atoms with Crippen molar-refractivity contribution < 1.29 is 4.79 Å². The van der Waals surface area contributed by atoms with Gasteiger partial charge in [-0.15, -0.1) is 0 Å². The number of carbonyl (C=O) groups is 1. The van der Waals surface area contributed by atoms with Gasteiger partial charge in [0.05, 0.1) is 11.9 Å². The topological polar surface area (TPSA) is 36.4 Å². The number of piperazine rings is 1. The average Bonchev–Trinajstić information content (AvgIpc) is 2.71. The number of hydrogen-bond acceptors (Lipinski definition) is 3. The third-order valence-corrected chi connectivity index (χ3v) is 5.72. The molecular formula is C23H24ClN3O. The van der Waals surface area contributed by atoms with E-state index in [4.69, 9.17) is 11.6 Å². The van der Waals surface area contributed by atoms with E-state index in [9.17, 15) is 4.79 Å². The smallest absolute Gasteiger partial charge is 0.227 e. The lowest BCUT2D eigenvalue weighted by molar-refractivity contribution is -0.132. The van der Waals surface area contributed by atoms with Crippen LogP contribution >= 0.6 is 11.6 Å². The summed E-state index contributed by atoms with van der Waals surface area (Å²) in [6.07, 6.45) is 0.473. The van der Waals surface area contributed by atoms with Gasteiger partial charge < -0.3 is 4.90 Å². The van der Waals surface area contributed by atoms with Crippen LogP contribution in [0.4, 0.5) is 0 Å². The first-order valence-electron chi connectivity index (χ1n) is 9.69. The van der Waals surface area contributed by atoms with Crippen molar-refractivity contribution in [1.82, 2.24) is 14.8 Å². The van der Waals surface area contributed by atoms with Crippen molar-refractivity contribution >= 4 is 28.4 Å². The number of fused-ring (bicyclic) bond motifs is 1. The maximum atomic E-state index is 12.5. The zero-order valence-corrected chi connectivity index (χ0v) is 16.8. The van der Waals surface area contributed by atoms with Gasteiger partial charge in [0.15, 0.2) is 0 Å². The zero-order valence-electron chi connectivity index (χ0n) is 16.1. The maximum absolute atomic E-state index is 12.5. The van der Waals surface area contributed by atoms with Gasteiger partial charge in [-0.3, -0.25) is 9.69 Å². The highest BCUT2D eigenvalue weighted by atomic mass is 35.5. The molecule has 0 spiro atoms. The van der Waals surface area contributed by atoms with Crippen LogP contribution in [0.3, 0.4) is 0 Å². The van der Waals surface area contributed by atoms with Crippen molar-refractivity contribution in [3.8, 4) is 0 Å². The number of aryl methyl sites for hydroxylation is 1. The fraction of sp³-hybridized carbons (Fsp3) is 0.304. The molecule has 0 bridgehead atoms. The number of rotatable bonds is 4. The van der Waals surface area contributed by atoms with E-state index in [1.807, 2.05) is 41.3 Å². The molecule has 1 fully saturated rings. The van der Waals surface area contributed by atoms with E-state index in [-0.39, 0.29) is 5.91 Å². The van der Waals surface area contributed by atoms with Gasteiger partial charge in [-0.2, -0.15) is 0 Å². The van der Waals surface area contributed by atoms with Gasteiger partial charge in [-0.25, -0.2) is 4.98 Å². The van der Waals surface area contributed by atoms with Crippen LogP contribution in [0.15, 0.2) is 54.6 Å². The van der Waals surface area contributed by atoms with Crippen LogP contribution in [-0.4, -0.2) is 46.9 Å². The maximum Gasteiger partial charge on any atom is 0.227 e. The first-order chi connectivity index (χ1) is 13.6. The number of para-hydroxylation sites is 1. The van der Waals surface area contributed by atoms with E-state index in [2.05, 4.69) is 35.0 Å². The molecule has 1 aromatic heterocycles. The minimum atomic E-state index is 0.201. The van der Waals surface area contributed by atoms with Crippen LogP contribution in [0.1, 0.15) is 16.7 Å². The van der Waals surface area contributed by atoms with Gasteiger partial charge in [-0.05, 0) is 24.1 Å². The zero-order chi connectivity index (χ0) is 19.5. The minimum absolute atomic E-state index is 0.201. The van der Waals surface area contributed by atoms with E-state index < -0.39 is 0 Å². The number of nitrogens with zero attached hydrogens (tertiary/aromatic N) is 3. The lowest BCUT2D eigenvalue weighted by Crippen LogP contribution is -2.48. The van der Waals surface area contributed by atoms with Crippen molar-refractivity contribution in [3.63, 3.8) is 0 Å². The van der Waals surface area contributed by atoms with Crippen molar-refractivity contribution in [2.75, 3.05) is 26.2 Å². The Morgan fingerprint density at radius 1 is 1.04 bits per heavy atom. The highest BCUT2D eigenvalue weighted by molar-refractivity contribution is 6.30. The Morgan fingerprint density at radius 2 is 1.79 bits per heavy atom. The molecule has 5 heteroatoms. The van der Waals surface area contributed by atoms with Gasteiger partial charge in [0.1, 0.15) is 5.15 Å². The Kier molecular flexibility index (Phi) is 5.60. The van der Waals surface area contributed by atoms with Gasteiger partial charge in [0, 0.05) is 43.7 Å². The predicted octanol–water partition coefficient (Wildman–Crippen LogP) is 4.08. The van der Waals surface area contributed by atoms with Crippen molar-refractivity contribution in [3.05, 3.63) is 76.4 Å². The first kappa shape index (κ1) is 18.9. The minimum Gasteiger partial charge on any atom is -0.340 e. The fourth-order valence-electron chi connectivity index (χ4n) is 3.76. The number of amides is 1. The van der Waals surface area contributed by atoms with Crippen LogP contribution in [0.5, 0.6) is 0 Å². The molecule has 144 valence electrons. The van der Waals surface area contributed by atoms with E-state index in [0.29, 0.717) is 11.6 Å². The summed E-state index contributed by atoms with van der Waals surface area (Å²) < 4.78 is 0. The molecule has 1 aliphatic rings. The number of halogens is 1. The normalized spacial score (nSPS) is 15.1. The van der Waals surface area contributed by atoms with Crippen LogP contribution in [0, 0.1) is 6.92 Å². The fourth-order valence-corrected chi connectivity index (χ4v) is 3.96. The molecule has 2 aromatic carbocycles. The third kappa shape index (κ3) is 4.18. The summed E-state index contributed by atoms with van der Waals surface area (Å²) >= 11 is 6.46. The summed E-state index contributed by atoms with van der Waals surface area (Å²) in [5.41, 5.74) is 4.21. The number of aromatic nitrogens is 1. The molecule has 0 saturated carbocycles. The summed E-state index contributed by atoms with van der Waals surface area (Å²) in [6, 6.07) is 18.3. The molecule has 1 amide bonds. The number of benzene rings is 2. The molecule has 2 heterocycles. The molecule has 3 aromatic rings. The van der Waals surface area contributed by atoms with Crippen LogP contribution in [0.2, 0.25) is 5.15 Å². The van der Waals surface area contributed by atoms with E-state index in [1.54, 1.807) is 0 Å². The first-order valence-corrected chi connectivity index (χ1v) is 10.1. The second-order valence-corrected chi connectivity index (χ2v) is 7.76. The molecule has 1 saturated heterocycles. The van der Waals surface area contributed by atoms with Crippen LogP contribution in [-0.2, 0) is 17.8 Å². The summed E-state index contributed by atoms with van der Waals surface area (Å²) in [4.78, 5) is 21.5. The van der Waals surface area contributed by atoms with Crippen molar-refractivity contribution in [2.45, 2.75) is 19.9 Å². The van der Waals surface area contributed by atoms with Gasteiger partial charge >= 0.3 is 0 Å². The van der Waals surface area contributed by atoms with E-state index >= 15 is 0 Å². The highest BCUT2D eigenvalue weighted by Crippen LogP contribution is 2.24. The van der Waals surface area contributed by atoms with Gasteiger partial charge in [0.25, 0.3) is 0 Å². The quantitative estimate of drug-likeness (QED) is 0.626. The largest absolute Gasteiger partial charge is 0.340 e. The lowest BCUT2D eigenvalue weighted by Gasteiger charge is -2.35. The molecule has 0 radical (unpaired) electrons. The second-order valence-electron chi connectivity index (χ2n) is 7.40. The van der Waals surface area contributed by atoms with Crippen LogP contribution < -0.4 is 0 Å². The van der Waals surface area contributed by atoms with Crippen molar-refractivity contribution in [1.29, 1.82) is 0 Å². The Hall–Kier alpha value is -2.43. The molecule has 4 nitrogen and oxygen atoms in total. The Morgan fingerprint density at radius 3 is 2.54 bits per heavy atom. The number of pyridine rings is 1. The summed E-state index contributed by atoms with van der Waals surface area (Å²) in [5, 5.41) is 1.69. The monoisotopic (exact) mass is 393 g/mol. The number of carbonyl (C=O) groups excluding carboxylic acids is 1.